The molecular formula is C14H21NO4S. The van der Waals surface area contributed by atoms with Crippen LogP contribution in [-0.2, 0) is 21.2 Å². The topological polar surface area (TPSA) is 97.5 Å². The molecule has 0 saturated heterocycles. The molecule has 0 fully saturated rings. The van der Waals surface area contributed by atoms with E-state index in [1.54, 1.807) is 12.1 Å². The van der Waals surface area contributed by atoms with Crippen LogP contribution in [0.2, 0.25) is 0 Å². The van der Waals surface area contributed by atoms with Gasteiger partial charge in [0.1, 0.15) is 0 Å². The SMILES string of the molecule is C=C(C)C(=O)O.CCCCc1ccccc1S(N)(=O)=O. The number of rotatable bonds is 5. The number of hydrogen-bond acceptors (Lipinski definition) is 3. The third-order valence-electron chi connectivity index (χ3n) is 2.44. The number of primary sulfonamides is 1. The maximum Gasteiger partial charge on any atom is 0.330 e. The van der Waals surface area contributed by atoms with Crippen molar-refractivity contribution in [3.05, 3.63) is 42.0 Å². The predicted molar refractivity (Wildman–Crippen MR) is 78.9 cm³/mol. The first-order valence-corrected chi connectivity index (χ1v) is 7.74. The van der Waals surface area contributed by atoms with E-state index in [4.69, 9.17) is 10.2 Å². The molecule has 1 rings (SSSR count). The number of sulfonamides is 1. The fourth-order valence-corrected chi connectivity index (χ4v) is 2.16. The number of aliphatic carboxylic acids is 1. The van der Waals surface area contributed by atoms with Crippen molar-refractivity contribution in [3.8, 4) is 0 Å². The van der Waals surface area contributed by atoms with Crippen molar-refractivity contribution in [3.63, 3.8) is 0 Å². The van der Waals surface area contributed by atoms with Crippen LogP contribution in [0.25, 0.3) is 0 Å². The lowest BCUT2D eigenvalue weighted by atomic mass is 10.1. The molecule has 0 aliphatic carbocycles. The Labute approximate surface area is 120 Å². The second kappa shape index (κ2) is 8.50. The van der Waals surface area contributed by atoms with Crippen molar-refractivity contribution in [2.24, 2.45) is 5.14 Å². The predicted octanol–water partition coefficient (Wildman–Crippen LogP) is 2.32. The van der Waals surface area contributed by atoms with Crippen molar-refractivity contribution in [1.29, 1.82) is 0 Å². The highest BCUT2D eigenvalue weighted by molar-refractivity contribution is 7.89. The maximum atomic E-state index is 11.2. The van der Waals surface area contributed by atoms with Crippen LogP contribution in [-0.4, -0.2) is 19.5 Å². The van der Waals surface area contributed by atoms with E-state index in [-0.39, 0.29) is 10.5 Å². The Morgan fingerprint density at radius 3 is 2.25 bits per heavy atom. The van der Waals surface area contributed by atoms with E-state index in [1.165, 1.54) is 6.92 Å². The summed E-state index contributed by atoms with van der Waals surface area (Å²) < 4.78 is 22.4. The first kappa shape index (κ1) is 18.3. The average molecular weight is 299 g/mol. The molecule has 112 valence electrons. The van der Waals surface area contributed by atoms with Crippen molar-refractivity contribution < 1.29 is 18.3 Å². The quantitative estimate of drug-likeness (QED) is 0.815. The first-order chi connectivity index (χ1) is 9.20. The minimum absolute atomic E-state index is 0.176. The van der Waals surface area contributed by atoms with Gasteiger partial charge in [-0.2, -0.15) is 0 Å². The Hall–Kier alpha value is -1.66. The summed E-state index contributed by atoms with van der Waals surface area (Å²) in [4.78, 5) is 9.86. The number of carboxylic acid groups (broad SMARTS) is 1. The van der Waals surface area contributed by atoms with E-state index in [9.17, 15) is 13.2 Å². The highest BCUT2D eigenvalue weighted by Crippen LogP contribution is 2.15. The molecule has 5 nitrogen and oxygen atoms in total. The Bertz CT molecular complexity index is 552. The van der Waals surface area contributed by atoms with Crippen LogP contribution in [0.15, 0.2) is 41.3 Å². The fourth-order valence-electron chi connectivity index (χ4n) is 1.36. The van der Waals surface area contributed by atoms with E-state index in [0.29, 0.717) is 0 Å². The standard InChI is InChI=1S/C10H15NO2S.C4H6O2/c1-2-3-6-9-7-4-5-8-10(9)14(11,12)13;1-3(2)4(5)6/h4-5,7-8H,2-3,6H2,1H3,(H2,11,12,13);1H2,2H3,(H,5,6). The first-order valence-electron chi connectivity index (χ1n) is 6.19. The van der Waals surface area contributed by atoms with Crippen LogP contribution >= 0.6 is 0 Å². The van der Waals surface area contributed by atoms with E-state index in [2.05, 4.69) is 13.5 Å². The average Bonchev–Trinajstić information content (AvgIpc) is 2.36. The zero-order valence-corrected chi connectivity index (χ0v) is 12.6. The van der Waals surface area contributed by atoms with Crippen molar-refractivity contribution in [1.82, 2.24) is 0 Å². The van der Waals surface area contributed by atoms with Crippen molar-refractivity contribution in [2.75, 3.05) is 0 Å². The van der Waals surface area contributed by atoms with Gasteiger partial charge in [-0.3, -0.25) is 0 Å². The van der Waals surface area contributed by atoms with Gasteiger partial charge in [-0.25, -0.2) is 18.4 Å². The molecule has 3 N–H and O–H groups in total. The normalized spacial score (nSPS) is 10.3. The van der Waals surface area contributed by atoms with Gasteiger partial charge in [0.05, 0.1) is 4.90 Å². The van der Waals surface area contributed by atoms with Gasteiger partial charge in [-0.05, 0) is 31.4 Å². The molecule has 0 aliphatic heterocycles. The van der Waals surface area contributed by atoms with Gasteiger partial charge in [0.25, 0.3) is 0 Å². The van der Waals surface area contributed by atoms with Crippen LogP contribution in [0.1, 0.15) is 32.3 Å². The molecule has 0 radical (unpaired) electrons. The van der Waals surface area contributed by atoms with Crippen LogP contribution in [0.3, 0.4) is 0 Å². The Balaban J connectivity index is 0.000000511. The Morgan fingerprint density at radius 1 is 1.35 bits per heavy atom. The van der Waals surface area contributed by atoms with Gasteiger partial charge < -0.3 is 5.11 Å². The molecular weight excluding hydrogens is 278 g/mol. The molecule has 0 bridgehead atoms. The van der Waals surface area contributed by atoms with Crippen LogP contribution in [0.4, 0.5) is 0 Å². The van der Waals surface area contributed by atoms with Gasteiger partial charge in [0.2, 0.25) is 10.0 Å². The molecule has 0 saturated carbocycles. The number of hydrogen-bond donors (Lipinski definition) is 2. The van der Waals surface area contributed by atoms with Gasteiger partial charge >= 0.3 is 5.97 Å². The molecule has 0 atom stereocenters. The monoisotopic (exact) mass is 299 g/mol. The summed E-state index contributed by atoms with van der Waals surface area (Å²) in [5, 5.41) is 13.0. The van der Waals surface area contributed by atoms with Gasteiger partial charge in [0.15, 0.2) is 0 Å². The minimum Gasteiger partial charge on any atom is -0.478 e. The maximum absolute atomic E-state index is 11.2. The number of benzene rings is 1. The van der Waals surface area contributed by atoms with Crippen molar-refractivity contribution in [2.45, 2.75) is 38.0 Å². The summed E-state index contributed by atoms with van der Waals surface area (Å²) in [7, 11) is -3.56. The zero-order chi connectivity index (χ0) is 15.8. The summed E-state index contributed by atoms with van der Waals surface area (Å²) in [6.07, 6.45) is 2.79. The van der Waals surface area contributed by atoms with Gasteiger partial charge in [-0.15, -0.1) is 0 Å². The molecule has 0 heterocycles. The third kappa shape index (κ3) is 7.06. The smallest absolute Gasteiger partial charge is 0.330 e. The number of aryl methyl sites for hydroxylation is 1. The summed E-state index contributed by atoms with van der Waals surface area (Å²) in [6, 6.07) is 6.89. The largest absolute Gasteiger partial charge is 0.478 e. The lowest BCUT2D eigenvalue weighted by Gasteiger charge is -2.05. The Kier molecular flexibility index (Phi) is 7.79. The molecule has 0 aromatic heterocycles. The van der Waals surface area contributed by atoms with Crippen molar-refractivity contribution >= 4 is 16.0 Å². The number of carboxylic acids is 1. The molecule has 1 aromatic rings. The fraction of sp³-hybridized carbons (Fsp3) is 0.357. The molecule has 1 aromatic carbocycles. The zero-order valence-electron chi connectivity index (χ0n) is 11.8. The second-order valence-electron chi connectivity index (χ2n) is 4.34. The molecule has 6 heteroatoms. The highest BCUT2D eigenvalue weighted by Gasteiger charge is 2.11. The summed E-state index contributed by atoms with van der Waals surface area (Å²) in [5.74, 6) is -0.935. The van der Waals surface area contributed by atoms with E-state index >= 15 is 0 Å². The second-order valence-corrected chi connectivity index (χ2v) is 5.87. The minimum atomic E-state index is -3.56. The number of carbonyl (C=O) groups is 1. The third-order valence-corrected chi connectivity index (χ3v) is 3.46. The molecule has 0 spiro atoms. The van der Waals surface area contributed by atoms with E-state index < -0.39 is 16.0 Å². The van der Waals surface area contributed by atoms with Crippen LogP contribution < -0.4 is 5.14 Å². The van der Waals surface area contributed by atoms with E-state index in [0.717, 1.165) is 24.8 Å². The summed E-state index contributed by atoms with van der Waals surface area (Å²) >= 11 is 0. The van der Waals surface area contributed by atoms with Gasteiger partial charge in [-0.1, -0.05) is 38.1 Å². The summed E-state index contributed by atoms with van der Waals surface area (Å²) in [6.45, 7) is 6.67. The molecule has 0 unspecified atom stereocenters. The number of unbranched alkanes of at least 4 members (excludes halogenated alkanes) is 1. The number of nitrogens with two attached hydrogens (primary N) is 1. The van der Waals surface area contributed by atoms with Crippen LogP contribution in [0, 0.1) is 0 Å². The highest BCUT2D eigenvalue weighted by atomic mass is 32.2. The molecule has 0 aliphatic rings. The lowest BCUT2D eigenvalue weighted by Crippen LogP contribution is -2.14. The molecule has 20 heavy (non-hydrogen) atoms. The summed E-state index contributed by atoms with van der Waals surface area (Å²) in [5.41, 5.74) is 0.992. The Morgan fingerprint density at radius 2 is 1.85 bits per heavy atom. The van der Waals surface area contributed by atoms with E-state index in [1.807, 2.05) is 12.1 Å². The molecule has 0 amide bonds. The van der Waals surface area contributed by atoms with Gasteiger partial charge in [0, 0.05) is 5.57 Å². The lowest BCUT2D eigenvalue weighted by molar-refractivity contribution is -0.132. The van der Waals surface area contributed by atoms with Crippen LogP contribution in [0.5, 0.6) is 0 Å².